The second-order valence-electron chi connectivity index (χ2n) is 5.98. The number of halogens is 1. The van der Waals surface area contributed by atoms with Crippen molar-refractivity contribution in [1.29, 1.82) is 0 Å². The molecule has 1 aliphatic rings. The summed E-state index contributed by atoms with van der Waals surface area (Å²) in [6, 6.07) is 5.05. The lowest BCUT2D eigenvalue weighted by molar-refractivity contribution is -0.148. The van der Waals surface area contributed by atoms with E-state index in [0.717, 1.165) is 25.7 Å². The van der Waals surface area contributed by atoms with E-state index in [4.69, 9.17) is 16.3 Å². The van der Waals surface area contributed by atoms with Gasteiger partial charge in [-0.25, -0.2) is 4.79 Å². The number of carboxylic acid groups (broad SMARTS) is 1. The number of rotatable bonds is 5. The van der Waals surface area contributed by atoms with Crippen molar-refractivity contribution < 1.29 is 19.4 Å². The van der Waals surface area contributed by atoms with Crippen molar-refractivity contribution in [3.8, 4) is 5.75 Å². The van der Waals surface area contributed by atoms with Crippen molar-refractivity contribution in [2.45, 2.75) is 50.5 Å². The minimum absolute atomic E-state index is 0.0649. The molecule has 0 aliphatic heterocycles. The predicted octanol–water partition coefficient (Wildman–Crippen LogP) is 3.18. The number of methoxy groups -OCH3 is 1. The van der Waals surface area contributed by atoms with E-state index >= 15 is 0 Å². The summed E-state index contributed by atoms with van der Waals surface area (Å²) in [4.78, 5) is 24.1. The van der Waals surface area contributed by atoms with Crippen molar-refractivity contribution in [1.82, 2.24) is 5.32 Å². The van der Waals surface area contributed by atoms with Gasteiger partial charge in [0.05, 0.1) is 13.5 Å². The first-order valence-corrected chi connectivity index (χ1v) is 8.21. The summed E-state index contributed by atoms with van der Waals surface area (Å²) in [6.07, 6.45) is 4.67. The number of aliphatic carboxylic acids is 1. The first-order chi connectivity index (χ1) is 11.0. The standard InChI is InChI=1S/C17H22ClNO4/c1-23-14-11-13(18)7-6-12(14)10-15(20)19-17(16(21)22)8-4-2-3-5-9-17/h6-7,11H,2-5,8-10H2,1H3,(H,19,20)(H,21,22). The average molecular weight is 340 g/mol. The minimum Gasteiger partial charge on any atom is -0.496 e. The smallest absolute Gasteiger partial charge is 0.329 e. The normalized spacial score (nSPS) is 17.1. The fourth-order valence-corrected chi connectivity index (χ4v) is 3.24. The SMILES string of the molecule is COc1cc(Cl)ccc1CC(=O)NC1(C(=O)O)CCCCCC1. The van der Waals surface area contributed by atoms with Crippen molar-refractivity contribution in [3.63, 3.8) is 0 Å². The largest absolute Gasteiger partial charge is 0.496 e. The van der Waals surface area contributed by atoms with Gasteiger partial charge >= 0.3 is 5.97 Å². The molecule has 0 bridgehead atoms. The van der Waals surface area contributed by atoms with Crippen LogP contribution in [0.2, 0.25) is 5.02 Å². The fourth-order valence-electron chi connectivity index (χ4n) is 3.07. The van der Waals surface area contributed by atoms with Gasteiger partial charge in [0, 0.05) is 10.6 Å². The molecule has 0 unspecified atom stereocenters. The van der Waals surface area contributed by atoms with Crippen LogP contribution in [0.1, 0.15) is 44.1 Å². The van der Waals surface area contributed by atoms with Crippen LogP contribution < -0.4 is 10.1 Å². The topological polar surface area (TPSA) is 75.6 Å². The maximum atomic E-state index is 12.4. The number of hydrogen-bond acceptors (Lipinski definition) is 3. The summed E-state index contributed by atoms with van der Waals surface area (Å²) in [5, 5.41) is 12.9. The van der Waals surface area contributed by atoms with Gasteiger partial charge in [0.1, 0.15) is 11.3 Å². The number of hydrogen-bond donors (Lipinski definition) is 2. The van der Waals surface area contributed by atoms with Gasteiger partial charge in [-0.3, -0.25) is 4.79 Å². The Hall–Kier alpha value is -1.75. The lowest BCUT2D eigenvalue weighted by Crippen LogP contribution is -2.54. The number of nitrogens with one attached hydrogen (secondary N) is 1. The molecule has 6 heteroatoms. The van der Waals surface area contributed by atoms with E-state index in [1.54, 1.807) is 18.2 Å². The molecule has 1 saturated carbocycles. The number of benzene rings is 1. The molecule has 0 spiro atoms. The highest BCUT2D eigenvalue weighted by molar-refractivity contribution is 6.30. The molecule has 1 aromatic rings. The summed E-state index contributed by atoms with van der Waals surface area (Å²) in [5.74, 6) is -0.733. The number of carbonyl (C=O) groups is 2. The van der Waals surface area contributed by atoms with Gasteiger partial charge in [-0.05, 0) is 25.0 Å². The summed E-state index contributed by atoms with van der Waals surface area (Å²) in [6.45, 7) is 0. The van der Waals surface area contributed by atoms with Gasteiger partial charge in [0.15, 0.2) is 0 Å². The minimum atomic E-state index is -1.15. The maximum Gasteiger partial charge on any atom is 0.329 e. The van der Waals surface area contributed by atoms with Crippen molar-refractivity contribution >= 4 is 23.5 Å². The van der Waals surface area contributed by atoms with Gasteiger partial charge in [-0.2, -0.15) is 0 Å². The van der Waals surface area contributed by atoms with Crippen LogP contribution in [0.5, 0.6) is 5.75 Å². The lowest BCUT2D eigenvalue weighted by Gasteiger charge is -2.29. The number of carboxylic acids is 1. The van der Waals surface area contributed by atoms with Crippen molar-refractivity contribution in [2.75, 3.05) is 7.11 Å². The van der Waals surface area contributed by atoms with Crippen LogP contribution >= 0.6 is 11.6 Å². The molecule has 2 N–H and O–H groups in total. The van der Waals surface area contributed by atoms with E-state index in [2.05, 4.69) is 5.32 Å². The van der Waals surface area contributed by atoms with Crippen molar-refractivity contribution in [2.24, 2.45) is 0 Å². The molecular formula is C17H22ClNO4. The Labute approximate surface area is 141 Å². The Kier molecular flexibility index (Phi) is 5.88. The first-order valence-electron chi connectivity index (χ1n) is 7.84. The predicted molar refractivity (Wildman–Crippen MR) is 87.9 cm³/mol. The highest BCUT2D eigenvalue weighted by Gasteiger charge is 2.39. The molecular weight excluding hydrogens is 318 g/mol. The van der Waals surface area contributed by atoms with E-state index in [0.29, 0.717) is 29.2 Å². The Morgan fingerprint density at radius 3 is 2.48 bits per heavy atom. The van der Waals surface area contributed by atoms with Crippen LogP contribution in [0.15, 0.2) is 18.2 Å². The van der Waals surface area contributed by atoms with Crippen LogP contribution in [0.25, 0.3) is 0 Å². The van der Waals surface area contributed by atoms with Gasteiger partial charge in [0.2, 0.25) is 5.91 Å². The van der Waals surface area contributed by atoms with Crippen LogP contribution in [-0.4, -0.2) is 29.6 Å². The van der Waals surface area contributed by atoms with Crippen LogP contribution in [0.4, 0.5) is 0 Å². The molecule has 1 amide bonds. The Morgan fingerprint density at radius 2 is 1.91 bits per heavy atom. The van der Waals surface area contributed by atoms with Gasteiger partial charge in [-0.1, -0.05) is 43.4 Å². The zero-order valence-corrected chi connectivity index (χ0v) is 14.0. The summed E-state index contributed by atoms with van der Waals surface area (Å²) in [7, 11) is 1.51. The zero-order valence-electron chi connectivity index (χ0n) is 13.2. The molecule has 2 rings (SSSR count). The molecule has 1 aromatic carbocycles. The third-order valence-electron chi connectivity index (χ3n) is 4.35. The molecule has 1 fully saturated rings. The first kappa shape index (κ1) is 17.6. The van der Waals surface area contributed by atoms with E-state index in [-0.39, 0.29) is 12.3 Å². The second-order valence-corrected chi connectivity index (χ2v) is 6.42. The number of carbonyl (C=O) groups excluding carboxylic acids is 1. The third-order valence-corrected chi connectivity index (χ3v) is 4.58. The molecule has 0 heterocycles. The Balaban J connectivity index is 2.12. The maximum absolute atomic E-state index is 12.4. The number of ether oxygens (including phenoxy) is 1. The molecule has 126 valence electrons. The molecule has 0 radical (unpaired) electrons. The molecule has 0 atom stereocenters. The van der Waals surface area contributed by atoms with Gasteiger partial charge in [-0.15, -0.1) is 0 Å². The Bertz CT molecular complexity index is 580. The van der Waals surface area contributed by atoms with E-state index in [1.165, 1.54) is 7.11 Å². The molecule has 23 heavy (non-hydrogen) atoms. The quantitative estimate of drug-likeness (QED) is 0.808. The van der Waals surface area contributed by atoms with Crippen LogP contribution in [0, 0.1) is 0 Å². The van der Waals surface area contributed by atoms with Gasteiger partial charge in [0.25, 0.3) is 0 Å². The zero-order chi connectivity index (χ0) is 16.9. The van der Waals surface area contributed by atoms with E-state index < -0.39 is 11.5 Å². The van der Waals surface area contributed by atoms with Crippen LogP contribution in [0.3, 0.4) is 0 Å². The van der Waals surface area contributed by atoms with Crippen molar-refractivity contribution in [3.05, 3.63) is 28.8 Å². The molecule has 5 nitrogen and oxygen atoms in total. The fraction of sp³-hybridized carbons (Fsp3) is 0.529. The second kappa shape index (κ2) is 7.68. The Morgan fingerprint density at radius 1 is 1.26 bits per heavy atom. The van der Waals surface area contributed by atoms with E-state index in [9.17, 15) is 14.7 Å². The average Bonchev–Trinajstić information content (AvgIpc) is 2.75. The molecule has 0 aromatic heterocycles. The number of amides is 1. The van der Waals surface area contributed by atoms with E-state index in [1.807, 2.05) is 0 Å². The lowest BCUT2D eigenvalue weighted by atomic mass is 9.90. The molecule has 0 saturated heterocycles. The summed E-state index contributed by atoms with van der Waals surface area (Å²) >= 11 is 5.91. The monoisotopic (exact) mass is 339 g/mol. The van der Waals surface area contributed by atoms with Crippen LogP contribution in [-0.2, 0) is 16.0 Å². The summed E-state index contributed by atoms with van der Waals surface area (Å²) in [5.41, 5.74) is -0.462. The highest BCUT2D eigenvalue weighted by atomic mass is 35.5. The highest BCUT2D eigenvalue weighted by Crippen LogP contribution is 2.28. The molecule has 1 aliphatic carbocycles. The van der Waals surface area contributed by atoms with Gasteiger partial charge < -0.3 is 15.2 Å². The third kappa shape index (κ3) is 4.38. The summed E-state index contributed by atoms with van der Waals surface area (Å²) < 4.78 is 5.23.